The summed E-state index contributed by atoms with van der Waals surface area (Å²) in [7, 11) is 1.53. The summed E-state index contributed by atoms with van der Waals surface area (Å²) in [4.78, 5) is 35.6. The summed E-state index contributed by atoms with van der Waals surface area (Å²) in [6, 6.07) is 34.9. The van der Waals surface area contributed by atoms with Crippen molar-refractivity contribution in [2.45, 2.75) is 88.7 Å². The number of rotatable bonds is 22. The number of aldehydes is 1. The number of unbranched alkanes of at least 4 members (excludes halogenated alkanes) is 2. The first-order valence-corrected chi connectivity index (χ1v) is 24.2. The van der Waals surface area contributed by atoms with Gasteiger partial charge in [-0.1, -0.05) is 103 Å². The molecule has 3 aliphatic carbocycles. The molecule has 11 nitrogen and oxygen atoms in total. The van der Waals surface area contributed by atoms with Crippen LogP contribution in [-0.4, -0.2) is 71.8 Å². The number of oxime groups is 1. The van der Waals surface area contributed by atoms with Gasteiger partial charge in [0.15, 0.2) is 6.29 Å². The molecule has 68 heavy (non-hydrogen) atoms. The van der Waals surface area contributed by atoms with E-state index in [1.54, 1.807) is 24.3 Å². The monoisotopic (exact) mass is 918 g/mol. The van der Waals surface area contributed by atoms with E-state index in [-0.39, 0.29) is 56.0 Å². The molecule has 2 saturated carbocycles. The van der Waals surface area contributed by atoms with Gasteiger partial charge in [0.25, 0.3) is 0 Å². The van der Waals surface area contributed by atoms with Crippen LogP contribution < -0.4 is 14.2 Å². The van der Waals surface area contributed by atoms with Crippen molar-refractivity contribution in [1.29, 1.82) is 0 Å². The van der Waals surface area contributed by atoms with E-state index < -0.39 is 17.7 Å². The third kappa shape index (κ3) is 9.70. The van der Waals surface area contributed by atoms with E-state index in [0.717, 1.165) is 83.6 Å². The number of nitrogens with zero attached hydrogens (tertiary/aromatic N) is 2. The van der Waals surface area contributed by atoms with Gasteiger partial charge < -0.3 is 38.9 Å². The van der Waals surface area contributed by atoms with Crippen LogP contribution in [0.4, 0.5) is 0 Å². The second-order valence-electron chi connectivity index (χ2n) is 18.5. The molecule has 1 amide bonds. The first-order chi connectivity index (χ1) is 33.4. The zero-order valence-corrected chi connectivity index (χ0v) is 38.8. The molecule has 2 N–H and O–H groups in total. The summed E-state index contributed by atoms with van der Waals surface area (Å²) in [6.07, 6.45) is 11.3. The van der Waals surface area contributed by atoms with Crippen molar-refractivity contribution in [3.05, 3.63) is 156 Å². The van der Waals surface area contributed by atoms with Crippen LogP contribution in [-0.2, 0) is 27.5 Å². The van der Waals surface area contributed by atoms with Crippen molar-refractivity contribution < 1.29 is 43.6 Å². The normalized spacial score (nSPS) is 23.1. The zero-order valence-electron chi connectivity index (χ0n) is 38.8. The Hall–Kier alpha value is -6.27. The fraction of sp³-hybridized carbons (Fsp3) is 0.386. The van der Waals surface area contributed by atoms with Crippen LogP contribution in [0.25, 0.3) is 10.8 Å². The second-order valence-corrected chi connectivity index (χ2v) is 18.5. The quantitative estimate of drug-likeness (QED) is 0.0301. The first kappa shape index (κ1) is 46.8. The third-order valence-corrected chi connectivity index (χ3v) is 14.3. The maximum Gasteiger partial charge on any atom is 0.239 e. The minimum absolute atomic E-state index is 0.0251. The van der Waals surface area contributed by atoms with Gasteiger partial charge in [-0.25, -0.2) is 0 Å². The number of carbonyl (C=O) groups excluding carboxylic acids is 2. The van der Waals surface area contributed by atoms with Crippen molar-refractivity contribution in [1.82, 2.24) is 4.90 Å². The van der Waals surface area contributed by atoms with E-state index in [1.807, 2.05) is 65.6 Å². The average molecular weight is 919 g/mol. The first-order valence-electron chi connectivity index (χ1n) is 24.2. The Morgan fingerprint density at radius 2 is 1.65 bits per heavy atom. The van der Waals surface area contributed by atoms with E-state index in [2.05, 4.69) is 43.0 Å². The minimum Gasteiger partial charge on any atom is -0.496 e. The molecule has 9 rings (SSSR count). The molecule has 5 aromatic rings. The largest absolute Gasteiger partial charge is 0.496 e. The molecule has 0 saturated heterocycles. The number of benzene rings is 5. The smallest absolute Gasteiger partial charge is 0.239 e. The number of hydrogen-bond acceptors (Lipinski definition) is 10. The van der Waals surface area contributed by atoms with Gasteiger partial charge in [0.1, 0.15) is 35.6 Å². The van der Waals surface area contributed by atoms with Gasteiger partial charge >= 0.3 is 0 Å². The predicted molar refractivity (Wildman–Crippen MR) is 262 cm³/mol. The number of aliphatic hydroxyl groups excluding tert-OH is 2. The number of ether oxygens (including phenoxy) is 4. The van der Waals surface area contributed by atoms with Crippen LogP contribution in [0.5, 0.6) is 23.0 Å². The second kappa shape index (κ2) is 21.4. The minimum atomic E-state index is -1.41. The topological polar surface area (TPSA) is 136 Å². The van der Waals surface area contributed by atoms with Crippen LogP contribution >= 0.6 is 0 Å². The number of hydrogen-bond donors (Lipinski definition) is 2. The molecule has 1 aliphatic heterocycles. The van der Waals surface area contributed by atoms with Crippen molar-refractivity contribution >= 4 is 28.7 Å². The zero-order chi connectivity index (χ0) is 47.0. The maximum atomic E-state index is 15.2. The molecule has 1 heterocycles. The van der Waals surface area contributed by atoms with Crippen LogP contribution in [0, 0.1) is 23.7 Å². The van der Waals surface area contributed by atoms with Gasteiger partial charge in [0, 0.05) is 43.6 Å². The summed E-state index contributed by atoms with van der Waals surface area (Å²) in [5, 5.41) is 27.3. The Kier molecular flexibility index (Phi) is 14.7. The number of aliphatic hydroxyl groups is 2. The number of methoxy groups -OCH3 is 1. The van der Waals surface area contributed by atoms with E-state index in [1.165, 1.54) is 7.11 Å². The SMILES string of the molecule is C=CCOC12Oc3ccc(Oc4ccc(OC)c(C=O)c4)cc3C3C(CCCCO)C(CCCCO)C=C(C(=NOCc4ccccc4)CC1N(Cc1cccc4ccccc14)C(=O)C1CC1)C32. The lowest BCUT2D eigenvalue weighted by Crippen LogP contribution is -2.70. The van der Waals surface area contributed by atoms with Crippen molar-refractivity contribution in [3.63, 3.8) is 0 Å². The number of amides is 1. The molecule has 6 atom stereocenters. The fourth-order valence-electron chi connectivity index (χ4n) is 11.0. The van der Waals surface area contributed by atoms with Gasteiger partial charge in [-0.05, 0) is 114 Å². The third-order valence-electron chi connectivity index (χ3n) is 14.3. The molecule has 0 spiro atoms. The van der Waals surface area contributed by atoms with Gasteiger partial charge in [-0.3, -0.25) is 9.59 Å². The van der Waals surface area contributed by atoms with Crippen LogP contribution in [0.15, 0.2) is 139 Å². The van der Waals surface area contributed by atoms with E-state index >= 15 is 4.79 Å². The summed E-state index contributed by atoms with van der Waals surface area (Å²) < 4.78 is 26.8. The van der Waals surface area contributed by atoms with E-state index in [4.69, 9.17) is 28.9 Å². The Morgan fingerprint density at radius 1 is 0.897 bits per heavy atom. The van der Waals surface area contributed by atoms with Gasteiger partial charge in [-0.2, -0.15) is 0 Å². The Labute approximate surface area is 399 Å². The number of carbonyl (C=O) groups is 2. The predicted octanol–water partition coefficient (Wildman–Crippen LogP) is 10.7. The molecule has 2 fully saturated rings. The highest BCUT2D eigenvalue weighted by Crippen LogP contribution is 2.62. The molecule has 4 aliphatic rings. The summed E-state index contributed by atoms with van der Waals surface area (Å²) in [5.41, 5.74) is 5.01. The summed E-state index contributed by atoms with van der Waals surface area (Å²) in [6.45, 7) is 5.03. The van der Waals surface area contributed by atoms with Gasteiger partial charge in [0.05, 0.1) is 30.9 Å². The lowest BCUT2D eigenvalue weighted by atomic mass is 9.55. The Balaban J connectivity index is 1.25. The molecule has 0 radical (unpaired) electrons. The van der Waals surface area contributed by atoms with E-state index in [9.17, 15) is 15.0 Å². The number of allylic oxidation sites excluding steroid dienone is 1. The average Bonchev–Trinajstić information content (AvgIpc) is 4.23. The van der Waals surface area contributed by atoms with Crippen molar-refractivity contribution in [2.75, 3.05) is 26.9 Å². The lowest BCUT2D eigenvalue weighted by Gasteiger charge is -2.60. The van der Waals surface area contributed by atoms with Gasteiger partial charge in [0.2, 0.25) is 11.7 Å². The fourth-order valence-corrected chi connectivity index (χ4v) is 11.0. The summed E-state index contributed by atoms with van der Waals surface area (Å²) >= 11 is 0. The highest BCUT2D eigenvalue weighted by Gasteiger charge is 2.66. The van der Waals surface area contributed by atoms with Crippen LogP contribution in [0.1, 0.15) is 90.8 Å². The molecule has 11 heteroatoms. The maximum absolute atomic E-state index is 15.2. The molecular formula is C57H62N2O9. The molecule has 354 valence electrons. The molecule has 0 bridgehead atoms. The highest BCUT2D eigenvalue weighted by molar-refractivity contribution is 6.03. The van der Waals surface area contributed by atoms with Crippen molar-refractivity contribution in [3.8, 4) is 23.0 Å². The molecular weight excluding hydrogens is 857 g/mol. The lowest BCUT2D eigenvalue weighted by molar-refractivity contribution is -0.258. The Morgan fingerprint density at radius 3 is 2.41 bits per heavy atom. The molecule has 6 unspecified atom stereocenters. The van der Waals surface area contributed by atoms with Gasteiger partial charge in [-0.15, -0.1) is 6.58 Å². The van der Waals surface area contributed by atoms with E-state index in [0.29, 0.717) is 54.4 Å². The van der Waals surface area contributed by atoms with Crippen LogP contribution in [0.2, 0.25) is 0 Å². The Bertz CT molecular complexity index is 2640. The highest BCUT2D eigenvalue weighted by atomic mass is 16.7. The molecule has 0 aromatic heterocycles. The standard InChI is InChI=1S/C57H62N2O9/c1-3-30-65-57-53(59(56(63)40-22-23-40)35-42-19-13-18-39-16-7-8-20-46(39)42)34-50(58-66-37-38-14-5-4-6-15-38)48-32-41(17-9-11-28-60)47(21-10-12-29-61)54(55(48)57)49-33-45(25-27-52(49)68-57)67-44-24-26-51(64-2)43(31-44)36-62/h3-8,13-16,18-20,24-27,31-33,36,40-41,47,53-55,60-61H,1,9-12,17,21-23,28-30,34-35,37H2,2H3. The summed E-state index contributed by atoms with van der Waals surface area (Å²) in [5.74, 6) is -0.00865. The molecule has 5 aromatic carbocycles. The van der Waals surface area contributed by atoms with Crippen LogP contribution in [0.3, 0.4) is 0 Å². The number of fused-ring (bicyclic) bond motifs is 3. The van der Waals surface area contributed by atoms with Crippen molar-refractivity contribution in [2.24, 2.45) is 28.8 Å².